The highest BCUT2D eigenvalue weighted by Crippen LogP contribution is 2.38. The lowest BCUT2D eigenvalue weighted by atomic mass is 9.80. The Morgan fingerprint density at radius 1 is 1.06 bits per heavy atom. The molecule has 0 aromatic heterocycles. The SMILES string of the molecule is Fc1ccc2c(c1)NCC1(CCCCC1)N2. The Kier molecular flexibility index (Phi) is 2.27. The number of benzene rings is 1. The third-order valence-electron chi connectivity index (χ3n) is 3.81. The summed E-state index contributed by atoms with van der Waals surface area (Å²) in [5, 5.41) is 6.97. The molecular weight excluding hydrogens is 203 g/mol. The molecule has 2 nitrogen and oxygen atoms in total. The number of fused-ring (bicyclic) bond motifs is 1. The van der Waals surface area contributed by atoms with Crippen LogP contribution in [0.25, 0.3) is 0 Å². The minimum Gasteiger partial charge on any atom is -0.381 e. The van der Waals surface area contributed by atoms with Crippen LogP contribution in [0.4, 0.5) is 15.8 Å². The molecule has 0 amide bonds. The molecule has 3 rings (SSSR count). The summed E-state index contributed by atoms with van der Waals surface area (Å²) in [4.78, 5) is 0. The van der Waals surface area contributed by atoms with E-state index in [1.165, 1.54) is 38.2 Å². The van der Waals surface area contributed by atoms with Gasteiger partial charge in [-0.2, -0.15) is 0 Å². The van der Waals surface area contributed by atoms with Crippen molar-refractivity contribution in [2.24, 2.45) is 0 Å². The molecule has 0 atom stereocenters. The summed E-state index contributed by atoms with van der Waals surface area (Å²) in [6, 6.07) is 4.93. The van der Waals surface area contributed by atoms with Gasteiger partial charge in [-0.15, -0.1) is 0 Å². The normalized spacial score (nSPS) is 22.1. The zero-order valence-corrected chi connectivity index (χ0v) is 9.35. The second-order valence-electron chi connectivity index (χ2n) is 5.01. The third kappa shape index (κ3) is 1.64. The largest absolute Gasteiger partial charge is 0.381 e. The monoisotopic (exact) mass is 220 g/mol. The maximum Gasteiger partial charge on any atom is 0.125 e. The summed E-state index contributed by atoms with van der Waals surface area (Å²) in [5.41, 5.74) is 2.16. The Morgan fingerprint density at radius 2 is 1.88 bits per heavy atom. The van der Waals surface area contributed by atoms with Crippen molar-refractivity contribution in [1.29, 1.82) is 0 Å². The summed E-state index contributed by atoms with van der Waals surface area (Å²) in [6.45, 7) is 0.920. The van der Waals surface area contributed by atoms with Gasteiger partial charge in [-0.05, 0) is 31.0 Å². The molecule has 3 heteroatoms. The van der Waals surface area contributed by atoms with Crippen molar-refractivity contribution in [3.63, 3.8) is 0 Å². The molecule has 2 aliphatic rings. The van der Waals surface area contributed by atoms with E-state index < -0.39 is 0 Å². The average molecular weight is 220 g/mol. The van der Waals surface area contributed by atoms with Gasteiger partial charge in [0.25, 0.3) is 0 Å². The molecule has 0 unspecified atom stereocenters. The van der Waals surface area contributed by atoms with Crippen LogP contribution in [0, 0.1) is 5.82 Å². The van der Waals surface area contributed by atoms with Gasteiger partial charge in [-0.1, -0.05) is 19.3 Å². The minimum atomic E-state index is -0.173. The van der Waals surface area contributed by atoms with Crippen LogP contribution in [0.1, 0.15) is 32.1 Å². The van der Waals surface area contributed by atoms with Crippen LogP contribution in [-0.4, -0.2) is 12.1 Å². The second-order valence-corrected chi connectivity index (χ2v) is 5.01. The topological polar surface area (TPSA) is 24.1 Å². The number of nitrogens with one attached hydrogen (secondary N) is 2. The first-order valence-corrected chi connectivity index (χ1v) is 6.09. The summed E-state index contributed by atoms with van der Waals surface area (Å²) in [6.07, 6.45) is 6.38. The van der Waals surface area contributed by atoms with E-state index in [4.69, 9.17) is 0 Å². The molecule has 0 saturated heterocycles. The maximum absolute atomic E-state index is 13.1. The highest BCUT2D eigenvalue weighted by molar-refractivity contribution is 5.72. The zero-order valence-electron chi connectivity index (χ0n) is 9.35. The molecule has 2 N–H and O–H groups in total. The van der Waals surface area contributed by atoms with E-state index in [-0.39, 0.29) is 11.4 Å². The van der Waals surface area contributed by atoms with Crippen LogP contribution in [0.2, 0.25) is 0 Å². The predicted octanol–water partition coefficient (Wildman–Crippen LogP) is 3.37. The molecule has 16 heavy (non-hydrogen) atoms. The van der Waals surface area contributed by atoms with Gasteiger partial charge in [0.1, 0.15) is 5.82 Å². The maximum atomic E-state index is 13.1. The Hall–Kier alpha value is -1.25. The van der Waals surface area contributed by atoms with E-state index in [2.05, 4.69) is 10.6 Å². The number of anilines is 2. The fourth-order valence-electron chi connectivity index (χ4n) is 2.90. The van der Waals surface area contributed by atoms with E-state index in [1.807, 2.05) is 6.07 Å². The zero-order chi connectivity index (χ0) is 11.0. The highest BCUT2D eigenvalue weighted by Gasteiger charge is 2.34. The first-order chi connectivity index (χ1) is 7.77. The van der Waals surface area contributed by atoms with Gasteiger partial charge in [-0.3, -0.25) is 0 Å². The number of rotatable bonds is 0. The van der Waals surface area contributed by atoms with Gasteiger partial charge in [0.05, 0.1) is 16.9 Å². The Balaban J connectivity index is 1.88. The van der Waals surface area contributed by atoms with Gasteiger partial charge in [0.15, 0.2) is 0 Å². The van der Waals surface area contributed by atoms with Crippen LogP contribution in [-0.2, 0) is 0 Å². The standard InChI is InChI=1S/C13H17FN2/c14-10-4-5-11-12(8-10)15-9-13(16-11)6-2-1-3-7-13/h4-5,8,15-16H,1-3,6-7,9H2. The molecule has 0 bridgehead atoms. The van der Waals surface area contributed by atoms with Crippen LogP contribution >= 0.6 is 0 Å². The van der Waals surface area contributed by atoms with Crippen LogP contribution in [0.5, 0.6) is 0 Å². The molecule has 0 radical (unpaired) electrons. The fraction of sp³-hybridized carbons (Fsp3) is 0.538. The Bertz CT molecular complexity index is 397. The molecule has 1 aliphatic carbocycles. The third-order valence-corrected chi connectivity index (χ3v) is 3.81. The molecule has 1 saturated carbocycles. The second kappa shape index (κ2) is 3.65. The van der Waals surface area contributed by atoms with E-state index in [1.54, 1.807) is 6.07 Å². The van der Waals surface area contributed by atoms with Crippen molar-refractivity contribution in [1.82, 2.24) is 0 Å². The number of hydrogen-bond acceptors (Lipinski definition) is 2. The average Bonchev–Trinajstić information content (AvgIpc) is 2.31. The lowest BCUT2D eigenvalue weighted by Gasteiger charge is -2.43. The van der Waals surface area contributed by atoms with Crippen LogP contribution in [0.15, 0.2) is 18.2 Å². The summed E-state index contributed by atoms with van der Waals surface area (Å²) in [5.74, 6) is -0.173. The predicted molar refractivity (Wildman–Crippen MR) is 64.3 cm³/mol. The van der Waals surface area contributed by atoms with Crippen molar-refractivity contribution in [2.45, 2.75) is 37.6 Å². The Morgan fingerprint density at radius 3 is 2.69 bits per heavy atom. The van der Waals surface area contributed by atoms with Crippen molar-refractivity contribution in [2.75, 3.05) is 17.2 Å². The van der Waals surface area contributed by atoms with Crippen molar-refractivity contribution >= 4 is 11.4 Å². The fourth-order valence-corrected chi connectivity index (χ4v) is 2.90. The van der Waals surface area contributed by atoms with Gasteiger partial charge in [0.2, 0.25) is 0 Å². The summed E-state index contributed by atoms with van der Waals surface area (Å²) < 4.78 is 13.1. The van der Waals surface area contributed by atoms with E-state index in [0.717, 1.165) is 17.9 Å². The van der Waals surface area contributed by atoms with Gasteiger partial charge >= 0.3 is 0 Å². The quantitative estimate of drug-likeness (QED) is 0.700. The van der Waals surface area contributed by atoms with Gasteiger partial charge < -0.3 is 10.6 Å². The minimum absolute atomic E-state index is 0.173. The summed E-state index contributed by atoms with van der Waals surface area (Å²) >= 11 is 0. The molecule has 1 fully saturated rings. The lowest BCUT2D eigenvalue weighted by Crippen LogP contribution is -2.49. The highest BCUT2D eigenvalue weighted by atomic mass is 19.1. The van der Waals surface area contributed by atoms with Gasteiger partial charge in [0, 0.05) is 6.54 Å². The number of hydrogen-bond donors (Lipinski definition) is 2. The molecule has 1 aromatic carbocycles. The van der Waals surface area contributed by atoms with Crippen molar-refractivity contribution in [3.05, 3.63) is 24.0 Å². The van der Waals surface area contributed by atoms with Crippen LogP contribution < -0.4 is 10.6 Å². The molecule has 86 valence electrons. The molecular formula is C13H17FN2. The first-order valence-electron chi connectivity index (χ1n) is 6.09. The van der Waals surface area contributed by atoms with Crippen LogP contribution in [0.3, 0.4) is 0 Å². The summed E-state index contributed by atoms with van der Waals surface area (Å²) in [7, 11) is 0. The first kappa shape index (κ1) is 9.94. The molecule has 1 aliphatic heterocycles. The molecule has 1 heterocycles. The molecule has 1 aromatic rings. The van der Waals surface area contributed by atoms with E-state index >= 15 is 0 Å². The van der Waals surface area contributed by atoms with Crippen molar-refractivity contribution in [3.8, 4) is 0 Å². The molecule has 1 spiro atoms. The lowest BCUT2D eigenvalue weighted by molar-refractivity contribution is 0.334. The van der Waals surface area contributed by atoms with Crippen molar-refractivity contribution < 1.29 is 4.39 Å². The van der Waals surface area contributed by atoms with E-state index in [9.17, 15) is 4.39 Å². The Labute approximate surface area is 95.2 Å². The van der Waals surface area contributed by atoms with Gasteiger partial charge in [-0.25, -0.2) is 4.39 Å². The number of halogens is 1. The smallest absolute Gasteiger partial charge is 0.125 e. The van der Waals surface area contributed by atoms with E-state index in [0.29, 0.717) is 0 Å².